The van der Waals surface area contributed by atoms with Crippen molar-refractivity contribution in [2.45, 2.75) is 32.7 Å². The minimum Gasteiger partial charge on any atom is -0.493 e. The van der Waals surface area contributed by atoms with E-state index in [1.807, 2.05) is 13.8 Å². The molecule has 0 radical (unpaired) electrons. The predicted molar refractivity (Wildman–Crippen MR) is 74.1 cm³/mol. The van der Waals surface area contributed by atoms with E-state index in [-0.39, 0.29) is 0 Å². The third kappa shape index (κ3) is 3.39. The quantitative estimate of drug-likeness (QED) is 0.626. The van der Waals surface area contributed by atoms with Gasteiger partial charge in [-0.2, -0.15) is 0 Å². The lowest BCUT2D eigenvalue weighted by Gasteiger charge is -2.08. The van der Waals surface area contributed by atoms with Crippen molar-refractivity contribution in [3.8, 4) is 5.75 Å². The normalized spacial score (nSPS) is 14.5. The van der Waals surface area contributed by atoms with Crippen molar-refractivity contribution < 1.29 is 4.74 Å². The van der Waals surface area contributed by atoms with Gasteiger partial charge in [-0.25, -0.2) is 0 Å². The second-order valence-electron chi connectivity index (χ2n) is 4.86. The molecule has 0 bridgehead atoms. The van der Waals surface area contributed by atoms with Crippen molar-refractivity contribution in [2.24, 2.45) is 10.7 Å². The van der Waals surface area contributed by atoms with Crippen LogP contribution in [0.2, 0.25) is 0 Å². The third-order valence-electron chi connectivity index (χ3n) is 2.87. The highest BCUT2D eigenvalue weighted by molar-refractivity contribution is 5.78. The zero-order chi connectivity index (χ0) is 13.0. The van der Waals surface area contributed by atoms with E-state index in [0.29, 0.717) is 18.5 Å². The van der Waals surface area contributed by atoms with E-state index in [1.54, 1.807) is 0 Å². The van der Waals surface area contributed by atoms with Crippen molar-refractivity contribution in [3.63, 3.8) is 0 Å². The molecule has 0 saturated carbocycles. The molecule has 1 aliphatic heterocycles. The molecule has 4 nitrogen and oxygen atoms in total. The molecule has 0 spiro atoms. The van der Waals surface area contributed by atoms with Crippen LogP contribution in [0.4, 0.5) is 0 Å². The van der Waals surface area contributed by atoms with Gasteiger partial charge in [0.25, 0.3) is 0 Å². The number of nitrogens with zero attached hydrogens (tertiary/aromatic N) is 1. The summed E-state index contributed by atoms with van der Waals surface area (Å²) in [4.78, 5) is 4.31. The van der Waals surface area contributed by atoms with E-state index in [1.165, 1.54) is 11.1 Å². The van der Waals surface area contributed by atoms with Gasteiger partial charge in [0.1, 0.15) is 5.75 Å². The maximum absolute atomic E-state index is 5.75. The average Bonchev–Trinajstić information content (AvgIpc) is 2.75. The number of ether oxygens (including phenoxy) is 1. The Hall–Kier alpha value is -1.71. The topological polar surface area (TPSA) is 59.6 Å². The largest absolute Gasteiger partial charge is 0.493 e. The summed E-state index contributed by atoms with van der Waals surface area (Å²) in [7, 11) is 0. The highest BCUT2D eigenvalue weighted by Gasteiger charge is 2.11. The minimum absolute atomic E-state index is 0.325. The summed E-state index contributed by atoms with van der Waals surface area (Å²) in [6, 6.07) is 6.69. The molecule has 0 saturated heterocycles. The number of hydrogen-bond acceptors (Lipinski definition) is 2. The van der Waals surface area contributed by atoms with Gasteiger partial charge in [-0.15, -0.1) is 0 Å². The van der Waals surface area contributed by atoms with Gasteiger partial charge in [0.2, 0.25) is 0 Å². The van der Waals surface area contributed by atoms with Crippen LogP contribution in [0, 0.1) is 0 Å². The fourth-order valence-electron chi connectivity index (χ4n) is 2.04. The standard InChI is InChI=1S/C14H21N3O/c1-10(2)17-14(15)16-7-5-11-3-4-13-12(9-11)6-8-18-13/h3-4,9-10H,5-8H2,1-2H3,(H3,15,16,17). The van der Waals surface area contributed by atoms with Crippen molar-refractivity contribution in [1.82, 2.24) is 5.32 Å². The molecule has 0 aromatic heterocycles. The summed E-state index contributed by atoms with van der Waals surface area (Å²) in [5, 5.41) is 3.08. The number of benzene rings is 1. The molecular formula is C14H21N3O. The second-order valence-corrected chi connectivity index (χ2v) is 4.86. The maximum Gasteiger partial charge on any atom is 0.188 e. The monoisotopic (exact) mass is 247 g/mol. The smallest absolute Gasteiger partial charge is 0.188 e. The molecule has 1 heterocycles. The molecule has 0 fully saturated rings. The molecular weight excluding hydrogens is 226 g/mol. The Labute approximate surface area is 108 Å². The summed E-state index contributed by atoms with van der Waals surface area (Å²) in [6.07, 6.45) is 1.93. The van der Waals surface area contributed by atoms with Crippen LogP contribution in [0.1, 0.15) is 25.0 Å². The first-order valence-corrected chi connectivity index (χ1v) is 6.46. The van der Waals surface area contributed by atoms with Gasteiger partial charge in [-0.05, 0) is 37.5 Å². The highest BCUT2D eigenvalue weighted by Crippen LogP contribution is 2.25. The summed E-state index contributed by atoms with van der Waals surface area (Å²) in [5.41, 5.74) is 8.35. The van der Waals surface area contributed by atoms with Gasteiger partial charge in [0.05, 0.1) is 6.61 Å². The number of rotatable bonds is 4. The van der Waals surface area contributed by atoms with Crippen LogP contribution in [0.25, 0.3) is 0 Å². The molecule has 1 aliphatic rings. The van der Waals surface area contributed by atoms with Gasteiger partial charge in [0, 0.05) is 19.0 Å². The number of hydrogen-bond donors (Lipinski definition) is 2. The number of fused-ring (bicyclic) bond motifs is 1. The SMILES string of the molecule is CC(C)NC(N)=NCCc1ccc2c(c1)CCO2. The van der Waals surface area contributed by atoms with Gasteiger partial charge in [0.15, 0.2) is 5.96 Å². The number of nitrogens with two attached hydrogens (primary N) is 1. The molecule has 0 aliphatic carbocycles. The molecule has 4 heteroatoms. The molecule has 18 heavy (non-hydrogen) atoms. The Kier molecular flexibility index (Phi) is 4.07. The second kappa shape index (κ2) is 5.76. The average molecular weight is 247 g/mol. The van der Waals surface area contributed by atoms with E-state index in [0.717, 1.165) is 25.2 Å². The Balaban J connectivity index is 1.87. The van der Waals surface area contributed by atoms with Crippen LogP contribution in [0.15, 0.2) is 23.2 Å². The lowest BCUT2D eigenvalue weighted by molar-refractivity contribution is 0.357. The Morgan fingerprint density at radius 1 is 1.50 bits per heavy atom. The first kappa shape index (κ1) is 12.7. The van der Waals surface area contributed by atoms with Crippen molar-refractivity contribution >= 4 is 5.96 Å². The number of aliphatic imine (C=N–C) groups is 1. The molecule has 1 aromatic rings. The van der Waals surface area contributed by atoms with Crippen molar-refractivity contribution in [2.75, 3.05) is 13.2 Å². The van der Waals surface area contributed by atoms with Crippen LogP contribution in [-0.4, -0.2) is 25.2 Å². The summed E-state index contributed by atoms with van der Waals surface area (Å²) < 4.78 is 5.48. The fourth-order valence-corrected chi connectivity index (χ4v) is 2.04. The summed E-state index contributed by atoms with van der Waals surface area (Å²) in [6.45, 7) is 5.61. The Morgan fingerprint density at radius 3 is 3.11 bits per heavy atom. The summed E-state index contributed by atoms with van der Waals surface area (Å²) >= 11 is 0. The zero-order valence-corrected chi connectivity index (χ0v) is 11.1. The summed E-state index contributed by atoms with van der Waals surface area (Å²) in [5.74, 6) is 1.55. The highest BCUT2D eigenvalue weighted by atomic mass is 16.5. The number of guanidine groups is 1. The molecule has 3 N–H and O–H groups in total. The molecule has 2 rings (SSSR count). The molecule has 1 aromatic carbocycles. The van der Waals surface area contributed by atoms with E-state index in [2.05, 4.69) is 28.5 Å². The van der Waals surface area contributed by atoms with Crippen LogP contribution in [-0.2, 0) is 12.8 Å². The maximum atomic E-state index is 5.75. The van der Waals surface area contributed by atoms with E-state index >= 15 is 0 Å². The minimum atomic E-state index is 0.325. The zero-order valence-electron chi connectivity index (χ0n) is 11.1. The van der Waals surface area contributed by atoms with E-state index in [4.69, 9.17) is 10.5 Å². The van der Waals surface area contributed by atoms with Gasteiger partial charge in [-0.3, -0.25) is 4.99 Å². The van der Waals surface area contributed by atoms with Crippen LogP contribution < -0.4 is 15.8 Å². The first-order chi connectivity index (χ1) is 8.65. The van der Waals surface area contributed by atoms with Crippen LogP contribution in [0.3, 0.4) is 0 Å². The van der Waals surface area contributed by atoms with E-state index in [9.17, 15) is 0 Å². The Bertz CT molecular complexity index is 441. The van der Waals surface area contributed by atoms with Gasteiger partial charge in [-0.1, -0.05) is 12.1 Å². The van der Waals surface area contributed by atoms with Crippen molar-refractivity contribution in [3.05, 3.63) is 29.3 Å². The van der Waals surface area contributed by atoms with Gasteiger partial charge < -0.3 is 15.8 Å². The molecule has 0 atom stereocenters. The van der Waals surface area contributed by atoms with Crippen LogP contribution >= 0.6 is 0 Å². The first-order valence-electron chi connectivity index (χ1n) is 6.46. The molecule has 0 amide bonds. The number of nitrogens with one attached hydrogen (secondary N) is 1. The third-order valence-corrected chi connectivity index (χ3v) is 2.87. The lowest BCUT2D eigenvalue weighted by atomic mass is 10.1. The Morgan fingerprint density at radius 2 is 2.33 bits per heavy atom. The molecule has 0 unspecified atom stereocenters. The molecule has 98 valence electrons. The van der Waals surface area contributed by atoms with E-state index < -0.39 is 0 Å². The lowest BCUT2D eigenvalue weighted by Crippen LogP contribution is -2.36. The van der Waals surface area contributed by atoms with Crippen molar-refractivity contribution in [1.29, 1.82) is 0 Å². The van der Waals surface area contributed by atoms with Gasteiger partial charge >= 0.3 is 0 Å². The predicted octanol–water partition coefficient (Wildman–Crippen LogP) is 1.48. The fraction of sp³-hybridized carbons (Fsp3) is 0.500. The van der Waals surface area contributed by atoms with Crippen LogP contribution in [0.5, 0.6) is 5.75 Å².